The van der Waals surface area contributed by atoms with E-state index in [-0.39, 0.29) is 0 Å². The maximum atomic E-state index is 9.09. The lowest BCUT2D eigenvalue weighted by Gasteiger charge is -2.21. The van der Waals surface area contributed by atoms with E-state index < -0.39 is 5.60 Å². The Morgan fingerprint density at radius 3 is 2.04 bits per heavy atom. The third-order valence-corrected chi connectivity index (χ3v) is 3.81. The molecule has 0 amide bonds. The van der Waals surface area contributed by atoms with Gasteiger partial charge < -0.3 is 15.6 Å². The molecule has 3 N–H and O–H groups in total. The summed E-state index contributed by atoms with van der Waals surface area (Å²) in [5.74, 6) is 1.88. The van der Waals surface area contributed by atoms with E-state index in [1.54, 1.807) is 0 Å². The van der Waals surface area contributed by atoms with Gasteiger partial charge in [-0.05, 0) is 69.8 Å². The molecule has 24 heavy (non-hydrogen) atoms. The molecule has 0 bridgehead atoms. The highest BCUT2D eigenvalue weighted by Gasteiger charge is 2.16. The van der Waals surface area contributed by atoms with E-state index in [1.807, 2.05) is 60.6 Å². The molecule has 0 saturated carbocycles. The molecule has 1 aromatic carbocycles. The predicted molar refractivity (Wildman–Crippen MR) is 106 cm³/mol. The summed E-state index contributed by atoms with van der Waals surface area (Å²) in [6, 6.07) is 6.13. The number of aryl methyl sites for hydroxylation is 2. The van der Waals surface area contributed by atoms with Gasteiger partial charge in [-0.25, -0.2) is 0 Å². The predicted octanol–water partition coefficient (Wildman–Crippen LogP) is 5.15. The minimum absolute atomic E-state index is 0.354. The fraction of sp³-hybridized carbons (Fsp3) is 0.524. The molecule has 3 heteroatoms. The number of rotatable bonds is 5. The van der Waals surface area contributed by atoms with Crippen LogP contribution >= 0.6 is 0 Å². The van der Waals surface area contributed by atoms with E-state index in [1.165, 1.54) is 12.6 Å². The first kappa shape index (κ1) is 24.7. The molecule has 0 unspecified atom stereocenters. The van der Waals surface area contributed by atoms with Crippen LogP contribution in [0.3, 0.4) is 0 Å². The van der Waals surface area contributed by atoms with Crippen LogP contribution in [0.2, 0.25) is 0 Å². The lowest BCUT2D eigenvalue weighted by Crippen LogP contribution is -2.25. The Bertz CT molecular complexity index is 511. The zero-order valence-electron chi connectivity index (χ0n) is 16.9. The maximum absolute atomic E-state index is 9.09. The monoisotopic (exact) mass is 335 g/mol. The molecular formula is C21H37NO2. The van der Waals surface area contributed by atoms with Crippen LogP contribution in [0.1, 0.15) is 52.2 Å². The molecule has 0 saturated heterocycles. The summed E-state index contributed by atoms with van der Waals surface area (Å²) in [5, 5.41) is 9.09. The van der Waals surface area contributed by atoms with Crippen LogP contribution in [0.5, 0.6) is 5.75 Å². The summed E-state index contributed by atoms with van der Waals surface area (Å²) in [6.45, 7) is 21.5. The molecule has 0 aliphatic heterocycles. The van der Waals surface area contributed by atoms with Gasteiger partial charge in [-0.15, -0.1) is 0 Å². The van der Waals surface area contributed by atoms with Crippen LogP contribution in [0.15, 0.2) is 42.7 Å². The van der Waals surface area contributed by atoms with Crippen molar-refractivity contribution < 1.29 is 9.84 Å². The van der Waals surface area contributed by atoms with Gasteiger partial charge in [-0.1, -0.05) is 46.1 Å². The van der Waals surface area contributed by atoms with Crippen molar-refractivity contribution in [3.63, 3.8) is 0 Å². The van der Waals surface area contributed by atoms with Crippen molar-refractivity contribution in [2.75, 3.05) is 7.05 Å². The van der Waals surface area contributed by atoms with E-state index >= 15 is 0 Å². The van der Waals surface area contributed by atoms with Crippen molar-refractivity contribution in [2.24, 2.45) is 11.7 Å². The van der Waals surface area contributed by atoms with Gasteiger partial charge in [-0.2, -0.15) is 0 Å². The van der Waals surface area contributed by atoms with Crippen molar-refractivity contribution in [2.45, 2.75) is 60.5 Å². The van der Waals surface area contributed by atoms with E-state index in [0.29, 0.717) is 11.7 Å². The summed E-state index contributed by atoms with van der Waals surface area (Å²) in [4.78, 5) is 0. The topological polar surface area (TPSA) is 55.5 Å². The molecular weight excluding hydrogens is 298 g/mol. The molecule has 138 valence electrons. The molecule has 0 aliphatic carbocycles. The average Bonchev–Trinajstić information content (AvgIpc) is 2.51. The van der Waals surface area contributed by atoms with E-state index in [0.717, 1.165) is 23.3 Å². The third-order valence-electron chi connectivity index (χ3n) is 3.81. The summed E-state index contributed by atoms with van der Waals surface area (Å²) in [7, 11) is 1.50. The smallest absolute Gasteiger partial charge is 0.130 e. The fourth-order valence-corrected chi connectivity index (χ4v) is 1.22. The van der Waals surface area contributed by atoms with E-state index in [2.05, 4.69) is 25.0 Å². The molecule has 0 aromatic heterocycles. The standard InChI is InChI=1S/C14H18O.C6H14O.CH5N/c1-6-11(3)13(5)15-14-9-10(2)7-8-12(14)4;1-5(2)6(3,4)7;1-2/h7-9H,3,5-6H2,1-2,4H3;5,7H,1-4H3;2H2,1H3. The summed E-state index contributed by atoms with van der Waals surface area (Å²) in [6.07, 6.45) is 0.865. The zero-order valence-corrected chi connectivity index (χ0v) is 16.9. The van der Waals surface area contributed by atoms with E-state index in [4.69, 9.17) is 9.84 Å². The van der Waals surface area contributed by atoms with Crippen LogP contribution in [0.4, 0.5) is 0 Å². The molecule has 0 fully saturated rings. The SMILES string of the molecule is C=C(CC)C(=C)Oc1cc(C)ccc1C.CC(C)C(C)(C)O.CN. The van der Waals surface area contributed by atoms with Crippen molar-refractivity contribution in [3.05, 3.63) is 53.8 Å². The molecule has 3 nitrogen and oxygen atoms in total. The average molecular weight is 336 g/mol. The second-order valence-electron chi connectivity index (χ2n) is 6.56. The third kappa shape index (κ3) is 10.2. The van der Waals surface area contributed by atoms with Gasteiger partial charge in [0.2, 0.25) is 0 Å². The fourth-order valence-electron chi connectivity index (χ4n) is 1.22. The molecule has 1 aromatic rings. The van der Waals surface area contributed by atoms with Gasteiger partial charge in [0.1, 0.15) is 11.5 Å². The molecule has 1 rings (SSSR count). The van der Waals surface area contributed by atoms with Crippen molar-refractivity contribution in [1.82, 2.24) is 0 Å². The normalized spacial score (nSPS) is 10.1. The number of allylic oxidation sites excluding steroid dienone is 1. The van der Waals surface area contributed by atoms with Crippen LogP contribution in [-0.2, 0) is 0 Å². The Kier molecular flexibility index (Phi) is 12.2. The van der Waals surface area contributed by atoms with Gasteiger partial charge in [-0.3, -0.25) is 0 Å². The van der Waals surface area contributed by atoms with Crippen LogP contribution in [0, 0.1) is 19.8 Å². The maximum Gasteiger partial charge on any atom is 0.130 e. The number of hydrogen-bond acceptors (Lipinski definition) is 3. The van der Waals surface area contributed by atoms with Gasteiger partial charge >= 0.3 is 0 Å². The largest absolute Gasteiger partial charge is 0.457 e. The molecule has 0 spiro atoms. The van der Waals surface area contributed by atoms with Crippen molar-refractivity contribution >= 4 is 0 Å². The Labute approximate surface area is 149 Å². The quantitative estimate of drug-likeness (QED) is 0.578. The Balaban J connectivity index is 0. The van der Waals surface area contributed by atoms with Crippen molar-refractivity contribution in [3.8, 4) is 5.75 Å². The Morgan fingerprint density at radius 2 is 1.67 bits per heavy atom. The molecule has 0 atom stereocenters. The summed E-state index contributed by atoms with van der Waals surface area (Å²) < 4.78 is 5.68. The highest BCUT2D eigenvalue weighted by atomic mass is 16.5. The second-order valence-corrected chi connectivity index (χ2v) is 6.56. The van der Waals surface area contributed by atoms with Crippen LogP contribution in [-0.4, -0.2) is 17.8 Å². The summed E-state index contributed by atoms with van der Waals surface area (Å²) >= 11 is 0. The molecule has 0 aliphatic rings. The first-order chi connectivity index (χ1) is 11.0. The molecule has 0 heterocycles. The highest BCUT2D eigenvalue weighted by Crippen LogP contribution is 2.23. The Morgan fingerprint density at radius 1 is 1.21 bits per heavy atom. The number of ether oxygens (including phenoxy) is 1. The minimum atomic E-state index is -0.500. The highest BCUT2D eigenvalue weighted by molar-refractivity contribution is 5.38. The summed E-state index contributed by atoms with van der Waals surface area (Å²) in [5.41, 5.74) is 7.24. The first-order valence-electron chi connectivity index (χ1n) is 8.41. The number of nitrogens with two attached hydrogens (primary N) is 1. The second kappa shape index (κ2) is 11.9. The van der Waals surface area contributed by atoms with Crippen molar-refractivity contribution in [1.29, 1.82) is 0 Å². The lowest BCUT2D eigenvalue weighted by molar-refractivity contribution is 0.0327. The number of benzene rings is 1. The first-order valence-corrected chi connectivity index (χ1v) is 8.41. The Hall–Kier alpha value is -1.58. The number of aliphatic hydroxyl groups is 1. The van der Waals surface area contributed by atoms with Crippen LogP contribution < -0.4 is 10.5 Å². The van der Waals surface area contributed by atoms with Gasteiger partial charge in [0.15, 0.2) is 0 Å². The van der Waals surface area contributed by atoms with E-state index in [9.17, 15) is 0 Å². The molecule has 0 radical (unpaired) electrons. The van der Waals surface area contributed by atoms with Crippen LogP contribution in [0.25, 0.3) is 0 Å². The number of hydrogen-bond donors (Lipinski definition) is 2. The van der Waals surface area contributed by atoms with Gasteiger partial charge in [0.25, 0.3) is 0 Å². The van der Waals surface area contributed by atoms with Gasteiger partial charge in [0, 0.05) is 0 Å². The zero-order chi connectivity index (χ0) is 19.5. The van der Waals surface area contributed by atoms with Gasteiger partial charge in [0.05, 0.1) is 5.60 Å². The minimum Gasteiger partial charge on any atom is -0.457 e. The lowest BCUT2D eigenvalue weighted by atomic mass is 9.95.